The molecule has 0 N–H and O–H groups in total. The summed E-state index contributed by atoms with van der Waals surface area (Å²) in [5.41, 5.74) is 0. The lowest BCUT2D eigenvalue weighted by atomic mass is 10.3. The molecule has 2 nitrogen and oxygen atoms in total. The zero-order chi connectivity index (χ0) is 8.97. The summed E-state index contributed by atoms with van der Waals surface area (Å²) in [5, 5.41) is 11.9. The lowest BCUT2D eigenvalue weighted by Gasteiger charge is -1.92. The SMILES string of the molecule is N#CSCC(=O)c1sccc1Br. The average Bonchev–Trinajstić information content (AvgIpc) is 2.47. The molecule has 0 aliphatic heterocycles. The minimum Gasteiger partial charge on any atom is -0.292 e. The summed E-state index contributed by atoms with van der Waals surface area (Å²) in [6.07, 6.45) is 0. The Bertz CT molecular complexity index is 328. The summed E-state index contributed by atoms with van der Waals surface area (Å²) in [7, 11) is 0. The Morgan fingerprint density at radius 2 is 2.58 bits per heavy atom. The molecule has 0 fully saturated rings. The number of rotatable bonds is 3. The number of thiocyanates is 1. The molecule has 1 aromatic rings. The fourth-order valence-corrected chi connectivity index (χ4v) is 2.62. The van der Waals surface area contributed by atoms with Crippen LogP contribution in [0.25, 0.3) is 0 Å². The largest absolute Gasteiger partial charge is 0.292 e. The third-order valence-corrected chi connectivity index (χ3v) is 3.55. The molecule has 0 atom stereocenters. The molecule has 0 amide bonds. The number of hydrogen-bond donors (Lipinski definition) is 0. The van der Waals surface area contributed by atoms with Crippen LogP contribution in [0, 0.1) is 10.7 Å². The molecule has 0 aliphatic carbocycles. The van der Waals surface area contributed by atoms with E-state index in [9.17, 15) is 4.79 Å². The number of thioether (sulfide) groups is 1. The molecule has 0 unspecified atom stereocenters. The Labute approximate surface area is 86.7 Å². The summed E-state index contributed by atoms with van der Waals surface area (Å²) in [6.45, 7) is 0. The molecule has 12 heavy (non-hydrogen) atoms. The molecule has 1 rings (SSSR count). The van der Waals surface area contributed by atoms with Crippen LogP contribution in [0.4, 0.5) is 0 Å². The smallest absolute Gasteiger partial charge is 0.184 e. The van der Waals surface area contributed by atoms with E-state index in [2.05, 4.69) is 15.9 Å². The topological polar surface area (TPSA) is 40.9 Å². The van der Waals surface area contributed by atoms with Gasteiger partial charge in [-0.15, -0.1) is 11.3 Å². The maximum atomic E-state index is 11.3. The highest BCUT2D eigenvalue weighted by molar-refractivity contribution is 9.10. The van der Waals surface area contributed by atoms with Gasteiger partial charge in [0.05, 0.1) is 10.6 Å². The van der Waals surface area contributed by atoms with Crippen LogP contribution in [0.3, 0.4) is 0 Å². The van der Waals surface area contributed by atoms with Crippen molar-refractivity contribution in [2.75, 3.05) is 5.75 Å². The molecular weight excluding hydrogens is 258 g/mol. The first kappa shape index (κ1) is 9.78. The van der Waals surface area contributed by atoms with Crippen LogP contribution in [0.5, 0.6) is 0 Å². The van der Waals surface area contributed by atoms with E-state index >= 15 is 0 Å². The second kappa shape index (κ2) is 4.65. The van der Waals surface area contributed by atoms with Crippen LogP contribution in [0.2, 0.25) is 0 Å². The van der Waals surface area contributed by atoms with Crippen LogP contribution in [0.1, 0.15) is 9.67 Å². The molecular formula is C7H4BrNOS2. The monoisotopic (exact) mass is 261 g/mol. The lowest BCUT2D eigenvalue weighted by molar-refractivity contribution is 0.102. The molecule has 0 bridgehead atoms. The van der Waals surface area contributed by atoms with E-state index < -0.39 is 0 Å². The molecule has 1 aromatic heterocycles. The van der Waals surface area contributed by atoms with Crippen LogP contribution in [-0.2, 0) is 0 Å². The van der Waals surface area contributed by atoms with Crippen molar-refractivity contribution < 1.29 is 4.79 Å². The maximum absolute atomic E-state index is 11.3. The highest BCUT2D eigenvalue weighted by Gasteiger charge is 2.10. The molecule has 0 aliphatic rings. The Hall–Kier alpha value is -0.310. The second-order valence-corrected chi connectivity index (χ2v) is 4.43. The van der Waals surface area contributed by atoms with Crippen LogP contribution in [0.15, 0.2) is 15.9 Å². The zero-order valence-electron chi connectivity index (χ0n) is 5.91. The van der Waals surface area contributed by atoms with Crippen molar-refractivity contribution in [3.05, 3.63) is 20.8 Å². The number of ketones is 1. The first-order chi connectivity index (χ1) is 5.75. The Kier molecular flexibility index (Phi) is 3.79. The van der Waals surface area contributed by atoms with Crippen molar-refractivity contribution in [3.63, 3.8) is 0 Å². The van der Waals surface area contributed by atoms with Gasteiger partial charge in [0.2, 0.25) is 0 Å². The molecule has 1 heterocycles. The van der Waals surface area contributed by atoms with Gasteiger partial charge in [0.1, 0.15) is 5.40 Å². The second-order valence-electron chi connectivity index (χ2n) is 1.90. The minimum absolute atomic E-state index is 0.00317. The van der Waals surface area contributed by atoms with Gasteiger partial charge in [-0.05, 0) is 39.1 Å². The van der Waals surface area contributed by atoms with E-state index in [0.717, 1.165) is 16.2 Å². The van der Waals surface area contributed by atoms with Crippen molar-refractivity contribution in [2.24, 2.45) is 0 Å². The third-order valence-electron chi connectivity index (χ3n) is 1.14. The van der Waals surface area contributed by atoms with Gasteiger partial charge in [0.15, 0.2) is 5.78 Å². The van der Waals surface area contributed by atoms with E-state index in [4.69, 9.17) is 5.26 Å². The van der Waals surface area contributed by atoms with Crippen molar-refractivity contribution in [1.82, 2.24) is 0 Å². The van der Waals surface area contributed by atoms with Gasteiger partial charge in [0.25, 0.3) is 0 Å². The number of nitrogens with zero attached hydrogens (tertiary/aromatic N) is 1. The number of carbonyl (C=O) groups excluding carboxylic acids is 1. The lowest BCUT2D eigenvalue weighted by Crippen LogP contribution is -1.99. The van der Waals surface area contributed by atoms with Gasteiger partial charge in [-0.25, -0.2) is 0 Å². The minimum atomic E-state index is 0.00317. The molecule has 0 saturated heterocycles. The number of Topliss-reactive ketones (excluding diaryl/α,β-unsaturated/α-hetero) is 1. The molecule has 0 spiro atoms. The van der Waals surface area contributed by atoms with Crippen LogP contribution < -0.4 is 0 Å². The summed E-state index contributed by atoms with van der Waals surface area (Å²) in [5.74, 6) is 0.235. The highest BCUT2D eigenvalue weighted by atomic mass is 79.9. The summed E-state index contributed by atoms with van der Waals surface area (Å²) in [6, 6.07) is 1.83. The molecule has 62 valence electrons. The van der Waals surface area contributed by atoms with Gasteiger partial charge < -0.3 is 0 Å². The Morgan fingerprint density at radius 3 is 3.08 bits per heavy atom. The van der Waals surface area contributed by atoms with E-state index in [-0.39, 0.29) is 11.5 Å². The normalized spacial score (nSPS) is 9.33. The summed E-state index contributed by atoms with van der Waals surface area (Å²) >= 11 is 5.61. The van der Waals surface area contributed by atoms with Crippen LogP contribution >= 0.6 is 39.0 Å². The predicted molar refractivity (Wildman–Crippen MR) is 54.4 cm³/mol. The quantitative estimate of drug-likeness (QED) is 0.621. The fourth-order valence-electron chi connectivity index (χ4n) is 0.656. The zero-order valence-corrected chi connectivity index (χ0v) is 9.13. The fraction of sp³-hybridized carbons (Fsp3) is 0.143. The van der Waals surface area contributed by atoms with Crippen molar-refractivity contribution >= 4 is 44.8 Å². The Morgan fingerprint density at radius 1 is 1.83 bits per heavy atom. The van der Waals surface area contributed by atoms with E-state index in [1.807, 2.05) is 16.8 Å². The highest BCUT2D eigenvalue weighted by Crippen LogP contribution is 2.23. The number of thiophene rings is 1. The van der Waals surface area contributed by atoms with Gasteiger partial charge in [-0.1, -0.05) is 0 Å². The number of nitriles is 1. The van der Waals surface area contributed by atoms with Gasteiger partial charge in [0, 0.05) is 4.47 Å². The Balaban J connectivity index is 2.67. The molecule has 0 radical (unpaired) electrons. The van der Waals surface area contributed by atoms with E-state index in [1.54, 1.807) is 0 Å². The molecule has 5 heteroatoms. The standard InChI is InChI=1S/C7H4BrNOS2/c8-5-1-2-12-7(5)6(10)3-11-4-9/h1-2H,3H2. The third kappa shape index (κ3) is 2.34. The van der Waals surface area contributed by atoms with Crippen molar-refractivity contribution in [1.29, 1.82) is 5.26 Å². The number of carbonyl (C=O) groups is 1. The number of halogens is 1. The average molecular weight is 262 g/mol. The van der Waals surface area contributed by atoms with Crippen molar-refractivity contribution in [3.8, 4) is 5.40 Å². The van der Waals surface area contributed by atoms with Gasteiger partial charge >= 0.3 is 0 Å². The first-order valence-corrected chi connectivity index (χ1v) is 5.68. The summed E-state index contributed by atoms with van der Waals surface area (Å²) in [4.78, 5) is 12.0. The number of hydrogen-bond acceptors (Lipinski definition) is 4. The predicted octanol–water partition coefficient (Wildman–Crippen LogP) is 2.91. The summed E-state index contributed by atoms with van der Waals surface area (Å²) < 4.78 is 0.816. The van der Waals surface area contributed by atoms with E-state index in [0.29, 0.717) is 4.88 Å². The molecule has 0 saturated carbocycles. The molecule has 0 aromatic carbocycles. The van der Waals surface area contributed by atoms with Crippen LogP contribution in [-0.4, -0.2) is 11.5 Å². The maximum Gasteiger partial charge on any atom is 0.184 e. The van der Waals surface area contributed by atoms with Gasteiger partial charge in [-0.3, -0.25) is 4.79 Å². The van der Waals surface area contributed by atoms with E-state index in [1.165, 1.54) is 11.3 Å². The first-order valence-electron chi connectivity index (χ1n) is 3.02. The van der Waals surface area contributed by atoms with Crippen molar-refractivity contribution in [2.45, 2.75) is 0 Å². The van der Waals surface area contributed by atoms with Gasteiger partial charge in [-0.2, -0.15) is 5.26 Å².